The first-order chi connectivity index (χ1) is 22.7. The van der Waals surface area contributed by atoms with E-state index in [2.05, 4.69) is 34.6 Å². The molecular weight excluding hydrogens is 631 g/mol. The number of ether oxygens (including phenoxy) is 1. The molecule has 4 atom stereocenters. The highest BCUT2D eigenvalue weighted by Crippen LogP contribution is 2.42. The van der Waals surface area contributed by atoms with E-state index in [0.717, 1.165) is 19.3 Å². The van der Waals surface area contributed by atoms with Crippen molar-refractivity contribution in [3.05, 3.63) is 65.6 Å². The Hall–Kier alpha value is -4.47. The molecule has 2 aromatic carbocycles. The van der Waals surface area contributed by atoms with Gasteiger partial charge >= 0.3 is 6.01 Å². The highest BCUT2D eigenvalue weighted by atomic mass is 35.5. The average molecular weight is 662 g/mol. The smallest absolute Gasteiger partial charge is 0.319 e. The first kappa shape index (κ1) is 31.1. The van der Waals surface area contributed by atoms with Gasteiger partial charge in [0.1, 0.15) is 29.5 Å². The Bertz CT molecular complexity index is 1970. The van der Waals surface area contributed by atoms with Crippen molar-refractivity contribution in [3.8, 4) is 23.3 Å². The number of carbonyl (C=O) groups excluding carboxylic acids is 1. The summed E-state index contributed by atoms with van der Waals surface area (Å²) in [5.41, 5.74) is 0.164. The van der Waals surface area contributed by atoms with Gasteiger partial charge in [0.25, 0.3) is 5.91 Å². The zero-order chi connectivity index (χ0) is 33.0. The number of rotatable bonds is 7. The molecular formula is C34H31ClF3N7O2. The number of pyridine rings is 1. The summed E-state index contributed by atoms with van der Waals surface area (Å²) >= 11 is 6.38. The van der Waals surface area contributed by atoms with Gasteiger partial charge in [-0.2, -0.15) is 15.2 Å². The van der Waals surface area contributed by atoms with Crippen molar-refractivity contribution in [1.82, 2.24) is 24.8 Å². The SMILES string of the molecule is C=C(F)C(=O)N1CCN(c2nc(OC[C@H]3[C@H]4CCC(C4)N3C)nc3c(F)c(-c4cccc5ccc(F)c(Cl)c45)ncc23)CC1CC#N. The van der Waals surface area contributed by atoms with Gasteiger partial charge in [-0.1, -0.05) is 42.4 Å². The minimum Gasteiger partial charge on any atom is -0.462 e. The topological polar surface area (TPSA) is 98.5 Å². The lowest BCUT2D eigenvalue weighted by Crippen LogP contribution is -2.55. The molecule has 2 saturated heterocycles. The standard InChI is InChI=1S/C34H31ClF3N7O2/c1-18(36)33(46)45-13-12-44(16-22(45)10-11-39)32-24-15-40-30(23-5-3-4-19-7-9-25(37)28(35)27(19)23)29(38)31(24)41-34(42-32)47-17-26-20-6-8-21(14-20)43(26)2/h3-5,7,9,15,20-22,26H,1,6,8,10,12-14,16-17H2,2H3/t20-,21?,22?,26-/m0/s1. The summed E-state index contributed by atoms with van der Waals surface area (Å²) in [5, 5.41) is 10.6. The number of nitriles is 1. The van der Waals surface area contributed by atoms with Gasteiger partial charge in [0.05, 0.1) is 28.9 Å². The molecule has 9 nitrogen and oxygen atoms in total. The predicted molar refractivity (Wildman–Crippen MR) is 172 cm³/mol. The molecule has 3 fully saturated rings. The number of hydrogen-bond acceptors (Lipinski definition) is 8. The number of likely N-dealkylation sites (tertiary alicyclic amines) is 1. The molecule has 242 valence electrons. The van der Waals surface area contributed by atoms with E-state index in [1.165, 1.54) is 17.2 Å². The largest absolute Gasteiger partial charge is 0.462 e. The Balaban J connectivity index is 1.32. The van der Waals surface area contributed by atoms with Crippen molar-refractivity contribution in [2.75, 3.05) is 38.2 Å². The molecule has 3 aliphatic rings. The summed E-state index contributed by atoms with van der Waals surface area (Å²) in [4.78, 5) is 31.6. The zero-order valence-electron chi connectivity index (χ0n) is 25.6. The second-order valence-corrected chi connectivity index (χ2v) is 12.8. The molecule has 47 heavy (non-hydrogen) atoms. The maximum absolute atomic E-state index is 16.7. The molecule has 1 amide bonds. The van der Waals surface area contributed by atoms with E-state index in [1.54, 1.807) is 29.2 Å². The molecule has 2 bridgehead atoms. The third-order valence-electron chi connectivity index (χ3n) is 9.91. The summed E-state index contributed by atoms with van der Waals surface area (Å²) in [7, 11) is 2.09. The highest BCUT2D eigenvalue weighted by Gasteiger charge is 2.44. The summed E-state index contributed by atoms with van der Waals surface area (Å²) in [6.45, 7) is 3.86. The van der Waals surface area contributed by atoms with Gasteiger partial charge in [-0.15, -0.1) is 0 Å². The average Bonchev–Trinajstić information content (AvgIpc) is 3.67. The summed E-state index contributed by atoms with van der Waals surface area (Å²) in [6, 6.07) is 9.96. The third-order valence-corrected chi connectivity index (χ3v) is 10.3. The number of anilines is 1. The third kappa shape index (κ3) is 5.41. The van der Waals surface area contributed by atoms with Gasteiger partial charge < -0.3 is 14.5 Å². The summed E-state index contributed by atoms with van der Waals surface area (Å²) in [5.74, 6) is -2.59. The van der Waals surface area contributed by atoms with Crippen LogP contribution in [0.1, 0.15) is 25.7 Å². The summed E-state index contributed by atoms with van der Waals surface area (Å²) in [6.07, 6.45) is 4.78. The molecule has 0 spiro atoms. The van der Waals surface area contributed by atoms with E-state index < -0.39 is 29.4 Å². The van der Waals surface area contributed by atoms with Crippen molar-refractivity contribution in [3.63, 3.8) is 0 Å². The van der Waals surface area contributed by atoms with E-state index in [0.29, 0.717) is 40.7 Å². The van der Waals surface area contributed by atoms with Crippen LogP contribution in [-0.2, 0) is 4.79 Å². The van der Waals surface area contributed by atoms with Crippen LogP contribution in [0.25, 0.3) is 32.9 Å². The number of likely N-dealkylation sites (N-methyl/N-ethyl adjacent to an activating group) is 1. The van der Waals surface area contributed by atoms with Crippen molar-refractivity contribution in [1.29, 1.82) is 5.26 Å². The minimum atomic E-state index is -1.11. The van der Waals surface area contributed by atoms with Crippen LogP contribution in [0.5, 0.6) is 6.01 Å². The molecule has 2 aliphatic heterocycles. The number of benzene rings is 2. The molecule has 2 unspecified atom stereocenters. The van der Waals surface area contributed by atoms with E-state index in [4.69, 9.17) is 21.3 Å². The second-order valence-electron chi connectivity index (χ2n) is 12.4. The monoisotopic (exact) mass is 661 g/mol. The van der Waals surface area contributed by atoms with Crippen LogP contribution in [0, 0.1) is 28.9 Å². The number of piperazine rings is 1. The maximum atomic E-state index is 16.7. The Morgan fingerprint density at radius 2 is 2.02 bits per heavy atom. The van der Waals surface area contributed by atoms with Gasteiger partial charge in [-0.3, -0.25) is 14.7 Å². The molecule has 7 rings (SSSR count). The molecule has 2 aromatic heterocycles. The molecule has 1 saturated carbocycles. The van der Waals surface area contributed by atoms with Crippen LogP contribution in [0.3, 0.4) is 0 Å². The number of amides is 1. The van der Waals surface area contributed by atoms with Crippen molar-refractivity contribution in [2.45, 2.75) is 43.8 Å². The van der Waals surface area contributed by atoms with Crippen LogP contribution < -0.4 is 9.64 Å². The Kier molecular flexibility index (Phi) is 8.14. The first-order valence-electron chi connectivity index (χ1n) is 15.5. The first-order valence-corrected chi connectivity index (χ1v) is 15.9. The van der Waals surface area contributed by atoms with Crippen LogP contribution in [0.15, 0.2) is 48.9 Å². The van der Waals surface area contributed by atoms with Crippen molar-refractivity contribution < 1.29 is 22.7 Å². The fourth-order valence-electron chi connectivity index (χ4n) is 7.50. The number of hydrogen-bond donors (Lipinski definition) is 0. The van der Waals surface area contributed by atoms with E-state index >= 15 is 4.39 Å². The maximum Gasteiger partial charge on any atom is 0.319 e. The quantitative estimate of drug-likeness (QED) is 0.221. The molecule has 4 aromatic rings. The highest BCUT2D eigenvalue weighted by molar-refractivity contribution is 6.36. The number of nitrogens with zero attached hydrogens (tertiary/aromatic N) is 7. The van der Waals surface area contributed by atoms with E-state index in [1.807, 2.05) is 0 Å². The lowest BCUT2D eigenvalue weighted by molar-refractivity contribution is -0.131. The normalized spacial score (nSPS) is 22.6. The molecule has 0 N–H and O–H groups in total. The number of aromatic nitrogens is 3. The van der Waals surface area contributed by atoms with Crippen LogP contribution in [0.4, 0.5) is 19.0 Å². The second kappa shape index (κ2) is 12.3. The van der Waals surface area contributed by atoms with Crippen molar-refractivity contribution >= 4 is 45.0 Å². The summed E-state index contributed by atoms with van der Waals surface area (Å²) < 4.78 is 51.3. The Morgan fingerprint density at radius 3 is 2.77 bits per heavy atom. The van der Waals surface area contributed by atoms with Crippen LogP contribution in [0.2, 0.25) is 5.02 Å². The van der Waals surface area contributed by atoms with Gasteiger partial charge in [-0.25, -0.2) is 13.2 Å². The fourth-order valence-corrected chi connectivity index (χ4v) is 7.77. The Labute approximate surface area is 274 Å². The lowest BCUT2D eigenvalue weighted by Gasteiger charge is -2.41. The Morgan fingerprint density at radius 1 is 1.19 bits per heavy atom. The van der Waals surface area contributed by atoms with Gasteiger partial charge in [-0.05, 0) is 43.7 Å². The van der Waals surface area contributed by atoms with Gasteiger partial charge in [0.2, 0.25) is 0 Å². The van der Waals surface area contributed by atoms with Gasteiger partial charge in [0.15, 0.2) is 11.6 Å². The van der Waals surface area contributed by atoms with E-state index in [-0.39, 0.29) is 59.7 Å². The fraction of sp³-hybridized carbons (Fsp3) is 0.382. The minimum absolute atomic E-state index is 0.0332. The van der Waals surface area contributed by atoms with E-state index in [9.17, 15) is 18.8 Å². The predicted octanol–water partition coefficient (Wildman–Crippen LogP) is 6.05. The number of piperidine rings is 1. The number of halogens is 4. The number of fused-ring (bicyclic) bond motifs is 4. The zero-order valence-corrected chi connectivity index (χ0v) is 26.4. The molecule has 0 radical (unpaired) electrons. The lowest BCUT2D eigenvalue weighted by atomic mass is 10.00. The molecule has 13 heteroatoms. The van der Waals surface area contributed by atoms with Crippen molar-refractivity contribution in [2.24, 2.45) is 5.92 Å². The van der Waals surface area contributed by atoms with Crippen LogP contribution in [-0.4, -0.2) is 82.1 Å². The molecule has 1 aliphatic carbocycles. The van der Waals surface area contributed by atoms with Gasteiger partial charge in [0, 0.05) is 48.9 Å². The molecule has 4 heterocycles. The van der Waals surface area contributed by atoms with Crippen LogP contribution >= 0.6 is 11.6 Å². The number of carbonyl (C=O) groups is 1.